The highest BCUT2D eigenvalue weighted by Gasteiger charge is 2.15. The van der Waals surface area contributed by atoms with Crippen LogP contribution in [0.5, 0.6) is 0 Å². The normalized spacial score (nSPS) is 16.2. The van der Waals surface area contributed by atoms with E-state index in [1.54, 1.807) is 17.1 Å². The highest BCUT2D eigenvalue weighted by molar-refractivity contribution is 5.79. The average Bonchev–Trinajstić information content (AvgIpc) is 3.20. The first kappa shape index (κ1) is 18.8. The van der Waals surface area contributed by atoms with Crippen molar-refractivity contribution in [1.82, 2.24) is 30.0 Å². The van der Waals surface area contributed by atoms with Crippen molar-refractivity contribution in [2.24, 2.45) is 7.05 Å². The topological polar surface area (TPSA) is 126 Å². The fraction of sp³-hybridized carbons (Fsp3) is 0.316. The number of nitrogens with zero attached hydrogens (tertiary/aromatic N) is 6. The lowest BCUT2D eigenvalue weighted by molar-refractivity contribution is 0.0372. The van der Waals surface area contributed by atoms with Crippen molar-refractivity contribution in [3.05, 3.63) is 42.7 Å². The number of aryl methyl sites for hydroxylation is 1. The summed E-state index contributed by atoms with van der Waals surface area (Å²) in [6, 6.07) is 3.87. The zero-order valence-electron chi connectivity index (χ0n) is 16.0. The molecule has 0 bridgehead atoms. The number of morpholine rings is 1. The summed E-state index contributed by atoms with van der Waals surface area (Å²) in [6.07, 6.45) is 8.56. The summed E-state index contributed by atoms with van der Waals surface area (Å²) in [5.41, 5.74) is 3.08. The third kappa shape index (κ3) is 4.66. The summed E-state index contributed by atoms with van der Waals surface area (Å²) < 4.78 is 7.54. The van der Waals surface area contributed by atoms with Crippen molar-refractivity contribution in [2.45, 2.75) is 6.10 Å². The molecule has 0 saturated carbocycles. The molecule has 10 nitrogen and oxygen atoms in total. The second kappa shape index (κ2) is 8.64. The zero-order chi connectivity index (χ0) is 20.1. The monoisotopic (exact) mass is 391 g/mol. The fourth-order valence-corrected chi connectivity index (χ4v) is 3.02. The summed E-state index contributed by atoms with van der Waals surface area (Å²) in [7, 11) is 1.88. The molecule has 3 N–H and O–H groups in total. The smallest absolute Gasteiger partial charge is 0.158 e. The van der Waals surface area contributed by atoms with E-state index < -0.39 is 0 Å². The van der Waals surface area contributed by atoms with Crippen LogP contribution in [0.2, 0.25) is 0 Å². The molecule has 10 heteroatoms. The predicted molar refractivity (Wildman–Crippen MR) is 108 cm³/mol. The Bertz CT molecular complexity index is 1000. The molecular weight excluding hydrogens is 370 g/mol. The van der Waals surface area contributed by atoms with Gasteiger partial charge in [-0.2, -0.15) is 10.4 Å². The number of anilines is 3. The van der Waals surface area contributed by atoms with Crippen LogP contribution in [-0.2, 0) is 11.8 Å². The number of pyridine rings is 1. The lowest BCUT2D eigenvalue weighted by Gasteiger charge is -2.24. The van der Waals surface area contributed by atoms with Crippen molar-refractivity contribution in [1.29, 1.82) is 5.26 Å². The molecule has 148 valence electrons. The molecule has 0 aliphatic carbocycles. The SMILES string of the molecule is Cn1cc(-c2cnc(Nc3cnc(C#N)cn3)cc2NC[C@H]2CNCCO2)cn1. The third-order valence-electron chi connectivity index (χ3n) is 4.47. The molecule has 0 aromatic carbocycles. The van der Waals surface area contributed by atoms with Gasteiger partial charge >= 0.3 is 0 Å². The van der Waals surface area contributed by atoms with Gasteiger partial charge in [0, 0.05) is 62.0 Å². The van der Waals surface area contributed by atoms with Gasteiger partial charge in [0.1, 0.15) is 17.7 Å². The van der Waals surface area contributed by atoms with Gasteiger partial charge < -0.3 is 20.7 Å². The second-order valence-electron chi connectivity index (χ2n) is 6.62. The van der Waals surface area contributed by atoms with Gasteiger partial charge in [0.2, 0.25) is 0 Å². The third-order valence-corrected chi connectivity index (χ3v) is 4.47. The van der Waals surface area contributed by atoms with Crippen molar-refractivity contribution in [3.8, 4) is 17.2 Å². The summed E-state index contributed by atoms with van der Waals surface area (Å²) in [6.45, 7) is 3.07. The van der Waals surface area contributed by atoms with Gasteiger partial charge in [0.05, 0.1) is 31.3 Å². The van der Waals surface area contributed by atoms with Crippen molar-refractivity contribution in [2.75, 3.05) is 36.9 Å². The molecule has 1 aliphatic rings. The van der Waals surface area contributed by atoms with E-state index in [0.717, 1.165) is 29.9 Å². The van der Waals surface area contributed by atoms with E-state index in [-0.39, 0.29) is 11.8 Å². The molecule has 1 aliphatic heterocycles. The Kier molecular flexibility index (Phi) is 5.60. The van der Waals surface area contributed by atoms with E-state index in [2.05, 4.69) is 36.0 Å². The molecule has 0 spiro atoms. The first-order valence-corrected chi connectivity index (χ1v) is 9.25. The van der Waals surface area contributed by atoms with Crippen molar-refractivity contribution >= 4 is 17.3 Å². The maximum absolute atomic E-state index is 8.85. The van der Waals surface area contributed by atoms with Gasteiger partial charge in [-0.15, -0.1) is 0 Å². The van der Waals surface area contributed by atoms with Crippen LogP contribution in [0.1, 0.15) is 5.69 Å². The Morgan fingerprint density at radius 2 is 2.14 bits per heavy atom. The maximum atomic E-state index is 8.85. The molecule has 0 radical (unpaired) electrons. The summed E-state index contributed by atoms with van der Waals surface area (Å²) in [5, 5.41) is 23.0. The molecule has 29 heavy (non-hydrogen) atoms. The minimum atomic E-state index is 0.0967. The van der Waals surface area contributed by atoms with Gasteiger partial charge in [-0.25, -0.2) is 15.0 Å². The van der Waals surface area contributed by atoms with E-state index in [1.807, 2.05) is 25.4 Å². The van der Waals surface area contributed by atoms with Crippen molar-refractivity contribution in [3.63, 3.8) is 0 Å². The number of aromatic nitrogens is 5. The van der Waals surface area contributed by atoms with Crippen LogP contribution >= 0.6 is 0 Å². The van der Waals surface area contributed by atoms with Crippen LogP contribution < -0.4 is 16.0 Å². The van der Waals surface area contributed by atoms with Gasteiger partial charge in [-0.05, 0) is 0 Å². The zero-order valence-corrected chi connectivity index (χ0v) is 16.0. The molecule has 1 fully saturated rings. The van der Waals surface area contributed by atoms with Gasteiger partial charge in [0.25, 0.3) is 0 Å². The molecule has 1 atom stereocenters. The maximum Gasteiger partial charge on any atom is 0.158 e. The number of nitriles is 1. The van der Waals surface area contributed by atoms with Crippen molar-refractivity contribution < 1.29 is 4.74 Å². The molecule has 4 rings (SSSR count). The van der Waals surface area contributed by atoms with Crippen LogP contribution in [0, 0.1) is 11.3 Å². The van der Waals surface area contributed by atoms with Crippen LogP contribution in [-0.4, -0.2) is 57.1 Å². The summed E-state index contributed by atoms with van der Waals surface area (Å²) in [5.74, 6) is 1.12. The Morgan fingerprint density at radius 1 is 1.24 bits per heavy atom. The average molecular weight is 391 g/mol. The largest absolute Gasteiger partial charge is 0.382 e. The van der Waals surface area contributed by atoms with Gasteiger partial charge in [-0.1, -0.05) is 0 Å². The van der Waals surface area contributed by atoms with E-state index >= 15 is 0 Å². The molecule has 4 heterocycles. The molecular formula is C19H21N9O. The van der Waals surface area contributed by atoms with Gasteiger partial charge in [0.15, 0.2) is 5.69 Å². The lowest BCUT2D eigenvalue weighted by Crippen LogP contribution is -2.42. The minimum absolute atomic E-state index is 0.0967. The lowest BCUT2D eigenvalue weighted by atomic mass is 10.1. The molecule has 3 aromatic heterocycles. The number of rotatable bonds is 6. The van der Waals surface area contributed by atoms with Crippen LogP contribution in [0.3, 0.4) is 0 Å². The number of hydrogen-bond acceptors (Lipinski definition) is 9. The Morgan fingerprint density at radius 3 is 2.83 bits per heavy atom. The van der Waals surface area contributed by atoms with E-state index in [0.29, 0.717) is 24.8 Å². The summed E-state index contributed by atoms with van der Waals surface area (Å²) >= 11 is 0. The van der Waals surface area contributed by atoms with E-state index in [4.69, 9.17) is 10.00 Å². The quantitative estimate of drug-likeness (QED) is 0.570. The second-order valence-corrected chi connectivity index (χ2v) is 6.62. The summed E-state index contributed by atoms with van der Waals surface area (Å²) in [4.78, 5) is 12.7. The Hall–Kier alpha value is -3.55. The molecule has 0 amide bonds. The highest BCUT2D eigenvalue weighted by atomic mass is 16.5. The fourth-order valence-electron chi connectivity index (χ4n) is 3.02. The van der Waals surface area contributed by atoms with Crippen LogP contribution in [0.15, 0.2) is 37.1 Å². The molecule has 1 saturated heterocycles. The van der Waals surface area contributed by atoms with Crippen LogP contribution in [0.25, 0.3) is 11.1 Å². The number of ether oxygens (including phenoxy) is 1. The number of hydrogen-bond donors (Lipinski definition) is 3. The van der Waals surface area contributed by atoms with E-state index in [1.165, 1.54) is 12.4 Å². The first-order chi connectivity index (χ1) is 14.2. The number of nitrogens with one attached hydrogen (secondary N) is 3. The van der Waals surface area contributed by atoms with Gasteiger partial charge in [-0.3, -0.25) is 4.68 Å². The molecule has 0 unspecified atom stereocenters. The molecule has 3 aromatic rings. The Labute approximate surface area is 168 Å². The standard InChI is InChI=1S/C19H21N9O/c1-28-12-13(6-26-28)16-10-25-18(27-19-11-22-14(5-20)7-24-19)4-17(16)23-9-15-8-21-2-3-29-15/h4,6-7,10-12,15,21H,2-3,8-9H2,1H3,(H2,23,24,25,27)/t15-/m1/s1. The first-order valence-electron chi connectivity index (χ1n) is 9.25. The minimum Gasteiger partial charge on any atom is -0.382 e. The highest BCUT2D eigenvalue weighted by Crippen LogP contribution is 2.29. The Balaban J connectivity index is 1.57. The predicted octanol–water partition coefficient (Wildman–Crippen LogP) is 1.29. The van der Waals surface area contributed by atoms with Crippen LogP contribution in [0.4, 0.5) is 17.3 Å². The van der Waals surface area contributed by atoms with E-state index in [9.17, 15) is 0 Å².